The summed E-state index contributed by atoms with van der Waals surface area (Å²) in [5, 5.41) is 21.8. The zero-order valence-electron chi connectivity index (χ0n) is 21.6. The number of amides is 1. The molecule has 2 aromatic carbocycles. The average Bonchev–Trinajstić information content (AvgIpc) is 3.36. The molecule has 0 aliphatic heterocycles. The van der Waals surface area contributed by atoms with Gasteiger partial charge < -0.3 is 15.5 Å². The van der Waals surface area contributed by atoms with E-state index in [0.29, 0.717) is 39.6 Å². The number of thiophene rings is 1. The summed E-state index contributed by atoms with van der Waals surface area (Å²) >= 11 is 1.34. The lowest BCUT2D eigenvalue weighted by atomic mass is 10.0. The number of nitrogens with one attached hydrogen (secondary N) is 3. The summed E-state index contributed by atoms with van der Waals surface area (Å²) in [5.74, 6) is -0.430. The van der Waals surface area contributed by atoms with E-state index in [9.17, 15) is 14.0 Å². The minimum atomic E-state index is -0.562. The van der Waals surface area contributed by atoms with Gasteiger partial charge in [0.1, 0.15) is 11.6 Å². The fraction of sp³-hybridized carbons (Fsp3) is 0.179. The monoisotopic (exact) mass is 543 g/mol. The minimum absolute atomic E-state index is 0.0655. The Hall–Kier alpha value is -4.48. The van der Waals surface area contributed by atoms with Crippen molar-refractivity contribution in [3.63, 3.8) is 0 Å². The van der Waals surface area contributed by atoms with E-state index in [1.165, 1.54) is 17.4 Å². The van der Waals surface area contributed by atoms with Crippen LogP contribution in [0.3, 0.4) is 0 Å². The highest BCUT2D eigenvalue weighted by molar-refractivity contribution is 7.20. The molecule has 0 radical (unpaired) electrons. The molecule has 0 aliphatic carbocycles. The van der Waals surface area contributed by atoms with Gasteiger partial charge >= 0.3 is 0 Å². The third kappa shape index (κ3) is 5.84. The van der Waals surface area contributed by atoms with Crippen LogP contribution in [0, 0.1) is 12.7 Å². The molecule has 3 aromatic heterocycles. The van der Waals surface area contributed by atoms with Crippen molar-refractivity contribution < 1.29 is 9.18 Å². The number of anilines is 2. The molecule has 198 valence electrons. The quantitative estimate of drug-likeness (QED) is 0.257. The van der Waals surface area contributed by atoms with Gasteiger partial charge in [0, 0.05) is 28.9 Å². The Morgan fingerprint density at radius 1 is 1.08 bits per heavy atom. The number of hydrogen-bond donors (Lipinski definition) is 3. The molecule has 9 nitrogen and oxygen atoms in total. The first kappa shape index (κ1) is 26.1. The van der Waals surface area contributed by atoms with Gasteiger partial charge in [-0.3, -0.25) is 9.59 Å². The topological polar surface area (TPSA) is 116 Å². The van der Waals surface area contributed by atoms with Crippen LogP contribution in [0.25, 0.3) is 21.3 Å². The number of rotatable bonds is 8. The Balaban J connectivity index is 1.36. The van der Waals surface area contributed by atoms with Gasteiger partial charge in [-0.15, -0.1) is 16.4 Å². The average molecular weight is 544 g/mol. The van der Waals surface area contributed by atoms with E-state index in [4.69, 9.17) is 0 Å². The molecule has 3 heterocycles. The number of fused-ring (bicyclic) bond motifs is 1. The van der Waals surface area contributed by atoms with Crippen molar-refractivity contribution in [2.24, 2.45) is 0 Å². The first-order chi connectivity index (χ1) is 18.8. The van der Waals surface area contributed by atoms with Gasteiger partial charge in [0.25, 0.3) is 11.5 Å². The lowest BCUT2D eigenvalue weighted by Crippen LogP contribution is -2.18. The summed E-state index contributed by atoms with van der Waals surface area (Å²) in [7, 11) is 3.90. The summed E-state index contributed by atoms with van der Waals surface area (Å²) in [6, 6.07) is 17.6. The van der Waals surface area contributed by atoms with Crippen LogP contribution < -0.4 is 16.2 Å². The number of aromatic nitrogens is 4. The van der Waals surface area contributed by atoms with Crippen molar-refractivity contribution >= 4 is 38.8 Å². The lowest BCUT2D eigenvalue weighted by molar-refractivity contribution is 0.103. The molecule has 0 saturated carbocycles. The number of nitrogens with zero attached hydrogens (tertiary/aromatic N) is 4. The van der Waals surface area contributed by atoms with Crippen LogP contribution in [0.4, 0.5) is 15.9 Å². The molecular formula is C28H26FN7O2S. The molecule has 0 atom stereocenters. The van der Waals surface area contributed by atoms with Crippen molar-refractivity contribution in [1.29, 1.82) is 0 Å². The van der Waals surface area contributed by atoms with Crippen LogP contribution in [0.1, 0.15) is 26.5 Å². The molecule has 0 bridgehead atoms. The molecule has 11 heteroatoms. The van der Waals surface area contributed by atoms with Crippen LogP contribution in [0.2, 0.25) is 0 Å². The summed E-state index contributed by atoms with van der Waals surface area (Å²) in [4.78, 5) is 27.9. The minimum Gasteiger partial charge on any atom is -0.364 e. The highest BCUT2D eigenvalue weighted by Gasteiger charge is 2.18. The molecule has 0 aliphatic rings. The number of carbonyl (C=O) groups is 1. The highest BCUT2D eigenvalue weighted by Crippen LogP contribution is 2.31. The van der Waals surface area contributed by atoms with Gasteiger partial charge in [0.05, 0.1) is 22.0 Å². The number of benzene rings is 2. The molecule has 5 rings (SSSR count). The van der Waals surface area contributed by atoms with Gasteiger partial charge in [-0.25, -0.2) is 9.49 Å². The van der Waals surface area contributed by atoms with E-state index in [1.54, 1.807) is 31.2 Å². The molecule has 3 N–H and O–H groups in total. The Morgan fingerprint density at radius 3 is 2.64 bits per heavy atom. The maximum Gasteiger partial charge on any atom is 0.269 e. The van der Waals surface area contributed by atoms with E-state index in [2.05, 4.69) is 31.0 Å². The first-order valence-electron chi connectivity index (χ1n) is 12.2. The van der Waals surface area contributed by atoms with Crippen molar-refractivity contribution in [3.05, 3.63) is 98.5 Å². The number of hydrogen-bond acceptors (Lipinski definition) is 8. The number of aromatic amines is 1. The molecule has 5 aromatic rings. The lowest BCUT2D eigenvalue weighted by Gasteiger charge is -2.13. The molecule has 0 unspecified atom stereocenters. The summed E-state index contributed by atoms with van der Waals surface area (Å²) in [6.45, 7) is 2.56. The standard InChI is InChI=1S/C28H26FN7O2S/c1-16-20(9-10-21(29)26(16)31-28(38)24-13-17-6-4-5-7-23(17)39-24)22-12-18(27(37)35-33-22)14-30-25-11-8-19(32-34-25)15-36(2)3/h4-13H,14-15H2,1-3H3,(H,30,34)(H,31,38)(H,35,37). The molecule has 0 fully saturated rings. The van der Waals surface area contributed by atoms with Crippen LogP contribution in [0.15, 0.2) is 65.5 Å². The van der Waals surface area contributed by atoms with Gasteiger partial charge in [-0.05, 0) is 74.4 Å². The summed E-state index contributed by atoms with van der Waals surface area (Å²) in [6.07, 6.45) is 0. The van der Waals surface area contributed by atoms with Crippen molar-refractivity contribution in [1.82, 2.24) is 25.3 Å². The maximum atomic E-state index is 14.9. The molecule has 0 saturated heterocycles. The maximum absolute atomic E-state index is 14.9. The van der Waals surface area contributed by atoms with Crippen molar-refractivity contribution in [3.8, 4) is 11.3 Å². The second-order valence-corrected chi connectivity index (χ2v) is 10.4. The fourth-order valence-electron chi connectivity index (χ4n) is 4.14. The zero-order valence-corrected chi connectivity index (χ0v) is 22.4. The Kier molecular flexibility index (Phi) is 7.44. The van der Waals surface area contributed by atoms with E-state index in [-0.39, 0.29) is 17.8 Å². The van der Waals surface area contributed by atoms with Crippen LogP contribution >= 0.6 is 11.3 Å². The summed E-state index contributed by atoms with van der Waals surface area (Å²) < 4.78 is 15.8. The van der Waals surface area contributed by atoms with E-state index < -0.39 is 11.7 Å². The third-order valence-electron chi connectivity index (χ3n) is 6.12. The van der Waals surface area contributed by atoms with Crippen LogP contribution in [-0.2, 0) is 13.1 Å². The molecular weight excluding hydrogens is 517 g/mol. The van der Waals surface area contributed by atoms with Crippen molar-refractivity contribution in [2.75, 3.05) is 24.7 Å². The van der Waals surface area contributed by atoms with Gasteiger partial charge in [-0.2, -0.15) is 10.2 Å². The van der Waals surface area contributed by atoms with Gasteiger partial charge in [0.15, 0.2) is 0 Å². The molecule has 39 heavy (non-hydrogen) atoms. The van der Waals surface area contributed by atoms with Gasteiger partial charge in [0.2, 0.25) is 0 Å². The Bertz CT molecular complexity index is 1680. The number of carbonyl (C=O) groups excluding carboxylic acids is 1. The highest BCUT2D eigenvalue weighted by atomic mass is 32.1. The van der Waals surface area contributed by atoms with E-state index in [0.717, 1.165) is 15.8 Å². The van der Waals surface area contributed by atoms with E-state index >= 15 is 0 Å². The van der Waals surface area contributed by atoms with Gasteiger partial charge in [-0.1, -0.05) is 18.2 Å². The smallest absolute Gasteiger partial charge is 0.269 e. The predicted octanol–water partition coefficient (Wildman–Crippen LogP) is 4.82. The molecule has 0 spiro atoms. The second kappa shape index (κ2) is 11.1. The number of halogens is 1. The normalized spacial score (nSPS) is 11.2. The Labute approximate surface area is 227 Å². The SMILES string of the molecule is Cc1c(-c2cc(CNc3ccc(CN(C)C)nn3)c(=O)[nH]n2)ccc(F)c1NC(=O)c1cc2ccccc2s1. The Morgan fingerprint density at radius 2 is 1.90 bits per heavy atom. The number of H-pyrrole nitrogens is 1. The fourth-order valence-corrected chi connectivity index (χ4v) is 5.10. The van der Waals surface area contributed by atoms with Crippen LogP contribution in [-0.4, -0.2) is 45.3 Å². The summed E-state index contributed by atoms with van der Waals surface area (Å²) in [5.41, 5.74) is 2.46. The second-order valence-electron chi connectivity index (χ2n) is 9.31. The predicted molar refractivity (Wildman–Crippen MR) is 152 cm³/mol. The zero-order chi connectivity index (χ0) is 27.5. The third-order valence-corrected chi connectivity index (χ3v) is 7.23. The van der Waals surface area contributed by atoms with Crippen molar-refractivity contribution in [2.45, 2.75) is 20.0 Å². The van der Waals surface area contributed by atoms with E-state index in [1.807, 2.05) is 49.3 Å². The first-order valence-corrected chi connectivity index (χ1v) is 13.0. The largest absolute Gasteiger partial charge is 0.364 e. The van der Waals surface area contributed by atoms with Crippen LogP contribution in [0.5, 0.6) is 0 Å². The molecule has 1 amide bonds.